The zero-order valence-electron chi connectivity index (χ0n) is 12.6. The van der Waals surface area contributed by atoms with Gasteiger partial charge in [-0.2, -0.15) is 0 Å². The number of rotatable bonds is 3. The molecule has 0 spiro atoms. The number of nitrogens with zero attached hydrogens (tertiary/aromatic N) is 3. The number of aromatic nitrogens is 1. The van der Waals surface area contributed by atoms with E-state index >= 15 is 0 Å². The van der Waals surface area contributed by atoms with E-state index in [1.54, 1.807) is 6.92 Å². The van der Waals surface area contributed by atoms with Crippen LogP contribution in [0.3, 0.4) is 0 Å². The fourth-order valence-electron chi connectivity index (χ4n) is 2.54. The van der Waals surface area contributed by atoms with Gasteiger partial charge in [0.1, 0.15) is 0 Å². The topological polar surface area (TPSA) is 67.0 Å². The van der Waals surface area contributed by atoms with Gasteiger partial charge >= 0.3 is 139 Å². The molecule has 1 aromatic heterocycles. The van der Waals surface area contributed by atoms with Crippen molar-refractivity contribution < 1.29 is 14.6 Å². The molecule has 0 radical (unpaired) electrons. The van der Waals surface area contributed by atoms with Crippen molar-refractivity contribution in [3.05, 3.63) is 39.7 Å². The average Bonchev–Trinajstić information content (AvgIpc) is 2.97. The molecule has 3 rings (SSSR count). The summed E-state index contributed by atoms with van der Waals surface area (Å²) in [6, 6.07) is 5.68. The molecule has 0 aliphatic carbocycles. The second-order valence-electron chi connectivity index (χ2n) is 5.15. The summed E-state index contributed by atoms with van der Waals surface area (Å²) in [7, 11) is 0. The number of carbonyl (C=O) groups is 1. The molecule has 1 saturated heterocycles. The number of anilines is 1. The number of aryl methyl sites for hydroxylation is 1. The monoisotopic (exact) mass is 377 g/mol. The first-order valence-electron chi connectivity index (χ1n) is 7.15. The third kappa shape index (κ3) is 3.15. The summed E-state index contributed by atoms with van der Waals surface area (Å²) in [4.78, 5) is 21.4. The van der Waals surface area contributed by atoms with Crippen LogP contribution in [0.15, 0.2) is 18.2 Å². The molecule has 1 aromatic carbocycles. The summed E-state index contributed by atoms with van der Waals surface area (Å²) in [6.07, 6.45) is 0. The first-order valence-corrected chi connectivity index (χ1v) is 8.86. The van der Waals surface area contributed by atoms with Gasteiger partial charge in [0.15, 0.2) is 0 Å². The van der Waals surface area contributed by atoms with Gasteiger partial charge in [0.25, 0.3) is 0 Å². The zero-order chi connectivity index (χ0) is 16.4. The molecule has 0 unspecified atom stereocenters. The van der Waals surface area contributed by atoms with Crippen molar-refractivity contribution in [2.45, 2.75) is 6.92 Å². The van der Waals surface area contributed by atoms with E-state index in [4.69, 9.17) is 11.3 Å². The molecule has 2 aromatic rings. The van der Waals surface area contributed by atoms with Gasteiger partial charge in [0.2, 0.25) is 0 Å². The molecule has 1 N–H and O–H groups in total. The van der Waals surface area contributed by atoms with E-state index in [2.05, 4.69) is 14.7 Å². The second-order valence-corrected chi connectivity index (χ2v) is 7.25. The second kappa shape index (κ2) is 6.55. The fraction of sp³-hybridized carbons (Fsp3) is 0.312. The maximum absolute atomic E-state index is 11.2. The molecule has 7 heteroatoms. The quantitative estimate of drug-likeness (QED) is 0.657. The summed E-state index contributed by atoms with van der Waals surface area (Å²) in [5.41, 5.74) is 2.88. The number of morpholine rings is 1. The van der Waals surface area contributed by atoms with Crippen LogP contribution in [0.2, 0.25) is 0 Å². The Labute approximate surface area is 139 Å². The molecule has 1 fully saturated rings. The minimum absolute atomic E-state index is 0.324. The van der Waals surface area contributed by atoms with Crippen molar-refractivity contribution in [2.24, 2.45) is 0 Å². The zero-order valence-corrected chi connectivity index (χ0v) is 14.3. The van der Waals surface area contributed by atoms with Crippen LogP contribution in [0.1, 0.15) is 14.9 Å². The van der Waals surface area contributed by atoms with Gasteiger partial charge in [-0.25, -0.2) is 0 Å². The first kappa shape index (κ1) is 15.8. The average molecular weight is 376 g/mol. The number of benzene rings is 1. The van der Waals surface area contributed by atoms with Crippen LogP contribution in [0.4, 0.5) is 11.4 Å². The molecule has 0 atom stereocenters. The third-order valence-corrected chi connectivity index (χ3v) is 6.19. The normalized spacial score (nSPS) is 14.5. The van der Waals surface area contributed by atoms with Crippen LogP contribution < -0.4 is 4.90 Å². The Hall–Kier alpha value is -2.13. The Balaban J connectivity index is 1.97. The molecule has 1 aliphatic heterocycles. The SMILES string of the molecule is [C-]#[N+]c1cc(-c2nc(C)c(C(=O)O)[se]2)ccc1N1CCOCC1. The van der Waals surface area contributed by atoms with Crippen molar-refractivity contribution >= 4 is 31.8 Å². The van der Waals surface area contributed by atoms with E-state index in [0.29, 0.717) is 29.0 Å². The van der Waals surface area contributed by atoms with Gasteiger partial charge in [-0.3, -0.25) is 0 Å². The van der Waals surface area contributed by atoms with Gasteiger partial charge in [0.05, 0.1) is 0 Å². The van der Waals surface area contributed by atoms with Crippen molar-refractivity contribution in [1.82, 2.24) is 4.98 Å². The number of carboxylic acids is 1. The van der Waals surface area contributed by atoms with E-state index in [0.717, 1.165) is 28.9 Å². The summed E-state index contributed by atoms with van der Waals surface area (Å²) in [6.45, 7) is 12.0. The number of carboxylic acid groups (broad SMARTS) is 1. The van der Waals surface area contributed by atoms with Crippen molar-refractivity contribution in [2.75, 3.05) is 31.2 Å². The van der Waals surface area contributed by atoms with Crippen molar-refractivity contribution in [1.29, 1.82) is 0 Å². The summed E-state index contributed by atoms with van der Waals surface area (Å²) >= 11 is -0.324. The van der Waals surface area contributed by atoms with E-state index in [-0.39, 0.29) is 14.5 Å². The molecule has 0 amide bonds. The van der Waals surface area contributed by atoms with Gasteiger partial charge in [-0.1, -0.05) is 0 Å². The van der Waals surface area contributed by atoms with Crippen molar-refractivity contribution in [3.8, 4) is 10.1 Å². The molecule has 23 heavy (non-hydrogen) atoms. The maximum atomic E-state index is 11.2. The molecule has 2 heterocycles. The minimum atomic E-state index is -0.906. The van der Waals surface area contributed by atoms with Gasteiger partial charge in [-0.15, -0.1) is 0 Å². The standard InChI is InChI=1S/C16H15N3O3Se/c1-10-14(16(20)21)23-15(18-10)11-3-4-13(12(9-11)17-2)19-5-7-22-8-6-19/h3-4,9H,5-8H2,1H3,(H,20,21). The molecule has 0 bridgehead atoms. The number of hydrogen-bond acceptors (Lipinski definition) is 4. The van der Waals surface area contributed by atoms with Crippen LogP contribution in [0, 0.1) is 13.5 Å². The fourth-order valence-corrected chi connectivity index (χ4v) is 4.43. The Morgan fingerprint density at radius 1 is 1.43 bits per heavy atom. The van der Waals surface area contributed by atoms with Crippen LogP contribution in [-0.4, -0.2) is 56.9 Å². The van der Waals surface area contributed by atoms with E-state index < -0.39 is 5.97 Å². The summed E-state index contributed by atoms with van der Waals surface area (Å²) < 4.78 is 6.50. The Morgan fingerprint density at radius 2 is 2.17 bits per heavy atom. The molecular formula is C16H15N3O3Se. The van der Waals surface area contributed by atoms with Crippen LogP contribution in [0.5, 0.6) is 0 Å². The predicted octanol–water partition coefficient (Wildman–Crippen LogP) is 2.20. The van der Waals surface area contributed by atoms with Crippen LogP contribution >= 0.6 is 0 Å². The molecule has 118 valence electrons. The number of aromatic carboxylic acids is 1. The molecule has 0 saturated carbocycles. The molecule has 6 nitrogen and oxygen atoms in total. The Bertz CT molecular complexity index is 788. The predicted molar refractivity (Wildman–Crippen MR) is 87.6 cm³/mol. The van der Waals surface area contributed by atoms with Crippen LogP contribution in [-0.2, 0) is 4.74 Å². The van der Waals surface area contributed by atoms with Gasteiger partial charge in [-0.05, 0) is 0 Å². The van der Waals surface area contributed by atoms with Crippen LogP contribution in [0.25, 0.3) is 15.0 Å². The summed E-state index contributed by atoms with van der Waals surface area (Å²) in [5, 5.41) is 9.18. The number of ether oxygens (including phenoxy) is 1. The Morgan fingerprint density at radius 3 is 2.78 bits per heavy atom. The van der Waals surface area contributed by atoms with Crippen molar-refractivity contribution in [3.63, 3.8) is 0 Å². The van der Waals surface area contributed by atoms with E-state index in [1.165, 1.54) is 0 Å². The summed E-state index contributed by atoms with van der Waals surface area (Å²) in [5.74, 6) is -0.906. The first-order chi connectivity index (χ1) is 11.1. The van der Waals surface area contributed by atoms with Gasteiger partial charge < -0.3 is 0 Å². The number of hydrogen-bond donors (Lipinski definition) is 1. The van der Waals surface area contributed by atoms with Gasteiger partial charge in [0, 0.05) is 0 Å². The molecular weight excluding hydrogens is 361 g/mol. The Kier molecular flexibility index (Phi) is 4.49. The molecule has 1 aliphatic rings. The third-order valence-electron chi connectivity index (χ3n) is 3.69. The van der Waals surface area contributed by atoms with E-state index in [1.807, 2.05) is 18.2 Å². The van der Waals surface area contributed by atoms with E-state index in [9.17, 15) is 9.90 Å².